The first-order chi connectivity index (χ1) is 13.2. The maximum Gasteiger partial charge on any atom is 0.0662 e. The predicted molar refractivity (Wildman–Crippen MR) is 118 cm³/mol. The van der Waals surface area contributed by atoms with E-state index in [1.54, 1.807) is 0 Å². The van der Waals surface area contributed by atoms with Crippen molar-refractivity contribution in [2.45, 2.75) is 60.3 Å². The molecule has 0 radical (unpaired) electrons. The molecule has 0 bridgehead atoms. The van der Waals surface area contributed by atoms with Crippen molar-refractivity contribution in [3.63, 3.8) is 0 Å². The van der Waals surface area contributed by atoms with Crippen molar-refractivity contribution in [2.75, 3.05) is 0 Å². The molecule has 1 aromatic carbocycles. The normalized spacial score (nSPS) is 11.6. The van der Waals surface area contributed by atoms with Gasteiger partial charge in [0, 0.05) is 11.4 Å². The number of rotatable bonds is 7. The van der Waals surface area contributed by atoms with Crippen LogP contribution >= 0.6 is 0 Å². The summed E-state index contributed by atoms with van der Waals surface area (Å²) in [5.41, 5.74) is 12.1. The SMILES string of the molecule is C/C=C/c1[nH]c(-c2[nH]c(-c3ccccc3)c(CC)c2CC)c(CC)c1CC. The Kier molecular flexibility index (Phi) is 6.05. The molecule has 2 heterocycles. The van der Waals surface area contributed by atoms with Gasteiger partial charge in [0.25, 0.3) is 0 Å². The fourth-order valence-corrected chi connectivity index (χ4v) is 4.34. The number of hydrogen-bond donors (Lipinski definition) is 2. The van der Waals surface area contributed by atoms with Crippen LogP contribution in [0.3, 0.4) is 0 Å². The Labute approximate surface area is 163 Å². The molecule has 0 aliphatic rings. The van der Waals surface area contributed by atoms with Crippen molar-refractivity contribution in [2.24, 2.45) is 0 Å². The number of H-pyrrole nitrogens is 2. The van der Waals surface area contributed by atoms with E-state index in [9.17, 15) is 0 Å². The highest BCUT2D eigenvalue weighted by atomic mass is 14.8. The van der Waals surface area contributed by atoms with Crippen LogP contribution in [-0.4, -0.2) is 9.97 Å². The highest BCUT2D eigenvalue weighted by Crippen LogP contribution is 2.37. The van der Waals surface area contributed by atoms with E-state index in [-0.39, 0.29) is 0 Å². The van der Waals surface area contributed by atoms with Crippen LogP contribution in [0, 0.1) is 0 Å². The molecule has 2 aromatic heterocycles. The topological polar surface area (TPSA) is 31.6 Å². The van der Waals surface area contributed by atoms with Gasteiger partial charge in [0.1, 0.15) is 0 Å². The second-order valence-corrected chi connectivity index (χ2v) is 6.98. The molecular weight excluding hydrogens is 328 g/mol. The van der Waals surface area contributed by atoms with Crippen LogP contribution in [0.25, 0.3) is 28.7 Å². The average molecular weight is 361 g/mol. The first kappa shape index (κ1) is 19.3. The maximum absolute atomic E-state index is 3.81. The molecule has 0 saturated carbocycles. The molecule has 2 N–H and O–H groups in total. The zero-order chi connectivity index (χ0) is 19.4. The Morgan fingerprint density at radius 1 is 0.667 bits per heavy atom. The summed E-state index contributed by atoms with van der Waals surface area (Å²) in [7, 11) is 0. The van der Waals surface area contributed by atoms with Gasteiger partial charge in [0.15, 0.2) is 0 Å². The molecule has 27 heavy (non-hydrogen) atoms. The van der Waals surface area contributed by atoms with E-state index >= 15 is 0 Å². The van der Waals surface area contributed by atoms with Crippen molar-refractivity contribution >= 4 is 6.08 Å². The molecule has 3 rings (SSSR count). The van der Waals surface area contributed by atoms with Crippen molar-refractivity contribution < 1.29 is 0 Å². The zero-order valence-electron chi connectivity index (χ0n) is 17.4. The first-order valence-electron chi connectivity index (χ1n) is 10.4. The zero-order valence-corrected chi connectivity index (χ0v) is 17.4. The Bertz CT molecular complexity index is 923. The maximum atomic E-state index is 3.81. The standard InChI is InChI=1S/C25H32N2/c1-6-14-22-18(7-2)19(8-3)24(26-22)25-21(10-5)20(9-4)23(27-25)17-15-12-11-13-16-17/h6,11-16,26-27H,7-10H2,1-5H3/b14-6+. The second kappa shape index (κ2) is 8.47. The van der Waals surface area contributed by atoms with Gasteiger partial charge < -0.3 is 9.97 Å². The monoisotopic (exact) mass is 360 g/mol. The number of allylic oxidation sites excluding steroid dienone is 1. The van der Waals surface area contributed by atoms with Crippen LogP contribution in [0.15, 0.2) is 36.4 Å². The number of nitrogens with one attached hydrogen (secondary N) is 2. The molecule has 2 heteroatoms. The van der Waals surface area contributed by atoms with Gasteiger partial charge >= 0.3 is 0 Å². The fourth-order valence-electron chi connectivity index (χ4n) is 4.34. The predicted octanol–water partition coefficient (Wildman–Crippen LogP) is 6.96. The van der Waals surface area contributed by atoms with E-state index in [1.165, 1.54) is 50.6 Å². The second-order valence-electron chi connectivity index (χ2n) is 6.98. The van der Waals surface area contributed by atoms with Crippen LogP contribution in [0.5, 0.6) is 0 Å². The van der Waals surface area contributed by atoms with E-state index in [0.717, 1.165) is 25.7 Å². The van der Waals surface area contributed by atoms with Gasteiger partial charge in [0.05, 0.1) is 11.4 Å². The molecule has 0 aliphatic carbocycles. The number of hydrogen-bond acceptors (Lipinski definition) is 0. The van der Waals surface area contributed by atoms with E-state index in [2.05, 4.69) is 87.1 Å². The minimum Gasteiger partial charge on any atom is -0.353 e. The summed E-state index contributed by atoms with van der Waals surface area (Å²) >= 11 is 0. The Morgan fingerprint density at radius 2 is 1.19 bits per heavy atom. The summed E-state index contributed by atoms with van der Waals surface area (Å²) in [6.45, 7) is 11.1. The molecule has 0 aliphatic heterocycles. The Balaban J connectivity index is 2.28. The van der Waals surface area contributed by atoms with Crippen LogP contribution in [0.2, 0.25) is 0 Å². The highest BCUT2D eigenvalue weighted by molar-refractivity contribution is 5.78. The molecule has 0 amide bonds. The van der Waals surface area contributed by atoms with Gasteiger partial charge in [-0.15, -0.1) is 0 Å². The summed E-state index contributed by atoms with van der Waals surface area (Å²) in [5, 5.41) is 0. The van der Waals surface area contributed by atoms with E-state index in [1.807, 2.05) is 0 Å². The molecule has 142 valence electrons. The lowest BCUT2D eigenvalue weighted by molar-refractivity contribution is 1.04. The summed E-state index contributed by atoms with van der Waals surface area (Å²) in [4.78, 5) is 7.55. The molecule has 3 aromatic rings. The quantitative estimate of drug-likeness (QED) is 0.456. The third kappa shape index (κ3) is 3.41. The molecule has 2 nitrogen and oxygen atoms in total. The lowest BCUT2D eigenvalue weighted by Gasteiger charge is -2.06. The minimum absolute atomic E-state index is 1.03. The largest absolute Gasteiger partial charge is 0.353 e. The number of aromatic nitrogens is 2. The molecule has 0 atom stereocenters. The van der Waals surface area contributed by atoms with Crippen LogP contribution in [-0.2, 0) is 25.7 Å². The van der Waals surface area contributed by atoms with Gasteiger partial charge in [-0.3, -0.25) is 0 Å². The van der Waals surface area contributed by atoms with Crippen LogP contribution < -0.4 is 0 Å². The van der Waals surface area contributed by atoms with Gasteiger partial charge in [-0.2, -0.15) is 0 Å². The molecule has 0 spiro atoms. The molecule has 0 fully saturated rings. The Hall–Kier alpha value is -2.48. The summed E-state index contributed by atoms with van der Waals surface area (Å²) < 4.78 is 0. The van der Waals surface area contributed by atoms with Crippen molar-refractivity contribution in [1.29, 1.82) is 0 Å². The number of aromatic amines is 2. The summed E-state index contributed by atoms with van der Waals surface area (Å²) in [5.74, 6) is 0. The average Bonchev–Trinajstić information content (AvgIpc) is 3.25. The number of benzene rings is 1. The third-order valence-corrected chi connectivity index (χ3v) is 5.53. The van der Waals surface area contributed by atoms with E-state index in [0.29, 0.717) is 0 Å². The van der Waals surface area contributed by atoms with Crippen LogP contribution in [0.4, 0.5) is 0 Å². The minimum atomic E-state index is 1.03. The molecular formula is C25H32N2. The van der Waals surface area contributed by atoms with E-state index in [4.69, 9.17) is 0 Å². The van der Waals surface area contributed by atoms with E-state index < -0.39 is 0 Å². The van der Waals surface area contributed by atoms with Gasteiger partial charge in [-0.25, -0.2) is 0 Å². The first-order valence-corrected chi connectivity index (χ1v) is 10.4. The van der Waals surface area contributed by atoms with Crippen LogP contribution in [0.1, 0.15) is 62.6 Å². The van der Waals surface area contributed by atoms with Gasteiger partial charge in [-0.1, -0.05) is 64.1 Å². The van der Waals surface area contributed by atoms with Gasteiger partial charge in [-0.05, 0) is 66.5 Å². The summed E-state index contributed by atoms with van der Waals surface area (Å²) in [6, 6.07) is 10.7. The molecule has 0 unspecified atom stereocenters. The molecule has 0 saturated heterocycles. The highest BCUT2D eigenvalue weighted by Gasteiger charge is 2.22. The lowest BCUT2D eigenvalue weighted by atomic mass is 9.97. The van der Waals surface area contributed by atoms with Crippen molar-refractivity contribution in [1.82, 2.24) is 9.97 Å². The third-order valence-electron chi connectivity index (χ3n) is 5.53. The smallest absolute Gasteiger partial charge is 0.0662 e. The fraction of sp³-hybridized carbons (Fsp3) is 0.360. The Morgan fingerprint density at radius 3 is 1.74 bits per heavy atom. The summed E-state index contributed by atoms with van der Waals surface area (Å²) in [6.07, 6.45) is 8.48. The van der Waals surface area contributed by atoms with Gasteiger partial charge in [0.2, 0.25) is 0 Å². The van der Waals surface area contributed by atoms with Crippen molar-refractivity contribution in [3.05, 3.63) is 64.4 Å². The van der Waals surface area contributed by atoms with Crippen molar-refractivity contribution in [3.8, 4) is 22.6 Å². The lowest BCUT2D eigenvalue weighted by Crippen LogP contribution is -1.93.